The predicted octanol–water partition coefficient (Wildman–Crippen LogP) is 3.97. The van der Waals surface area contributed by atoms with E-state index in [1.54, 1.807) is 6.92 Å². The fraction of sp³-hybridized carbons (Fsp3) is 0.516. The van der Waals surface area contributed by atoms with E-state index in [-0.39, 0.29) is 214 Å². The van der Waals surface area contributed by atoms with Gasteiger partial charge < -0.3 is 44.6 Å². The van der Waals surface area contributed by atoms with Crippen molar-refractivity contribution >= 4 is 11.8 Å². The summed E-state index contributed by atoms with van der Waals surface area (Å²) in [6, 6.07) is -0.409. The van der Waals surface area contributed by atoms with E-state index in [1.165, 1.54) is 7.11 Å². The van der Waals surface area contributed by atoms with Crippen LogP contribution >= 0.6 is 0 Å². The number of fused-ring (bicyclic) bond motifs is 9. The summed E-state index contributed by atoms with van der Waals surface area (Å²) in [5.74, 6) is -2.59. The molecule has 4 heterocycles. The molecule has 0 saturated carbocycles. The van der Waals surface area contributed by atoms with Crippen LogP contribution < -0.4 is 14.2 Å². The predicted molar refractivity (Wildman–Crippen MR) is 155 cm³/mol. The molecule has 258 valence electrons. The van der Waals surface area contributed by atoms with Crippen molar-refractivity contribution < 1.29 is 223 Å². The summed E-state index contributed by atoms with van der Waals surface area (Å²) in [5, 5.41) is 40.7. The molecule has 6 atom stereocenters. The van der Waals surface area contributed by atoms with Crippen LogP contribution in [0.25, 0.3) is 10.6 Å². The number of methoxy groups -OCH3 is 1. The number of amides is 2. The second-order valence-corrected chi connectivity index (χ2v) is 12.1. The molecular weight excluding hydrogens is 1520 g/mol. The molecule has 0 spiro atoms. The molecule has 4 aliphatic heterocycles. The van der Waals surface area contributed by atoms with E-state index >= 15 is 0 Å². The van der Waals surface area contributed by atoms with Crippen LogP contribution in [0.3, 0.4) is 0 Å². The van der Waals surface area contributed by atoms with Crippen molar-refractivity contribution in [2.75, 3.05) is 27.5 Å². The van der Waals surface area contributed by atoms with Crippen molar-refractivity contribution in [1.82, 2.24) is 9.80 Å². The van der Waals surface area contributed by atoms with Gasteiger partial charge in [-0.25, -0.2) is 0 Å². The first-order valence-corrected chi connectivity index (χ1v) is 14.7. The Bertz CT molecular complexity index is 1700. The maximum absolute atomic E-state index is 13.0. The molecule has 4 aliphatic rings. The smallest absolute Gasteiger partial charge is 0.432 e. The number of ether oxygens (including phenoxy) is 3. The van der Waals surface area contributed by atoms with E-state index in [4.69, 9.17) is 14.2 Å². The zero-order valence-corrected chi connectivity index (χ0v) is 47.0. The van der Waals surface area contributed by atoms with Gasteiger partial charge in [0.2, 0.25) is 6.79 Å². The Morgan fingerprint density at radius 2 is 1.72 bits per heavy atom. The number of alkyl halides is 3. The molecule has 2 amide bonds. The number of hydrogen-bond acceptors (Lipinski definition) is 10. The van der Waals surface area contributed by atoms with Crippen molar-refractivity contribution in [1.29, 1.82) is 5.26 Å². The molecule has 2 aromatic rings. The largest absolute Gasteiger partial charge is 0.653 e. The number of nitriles is 1. The summed E-state index contributed by atoms with van der Waals surface area (Å²) in [5.41, 5.74) is 3.59. The molecular formula is C31H32Ac4F3N5O7-2. The second kappa shape index (κ2) is 18.5. The van der Waals surface area contributed by atoms with Gasteiger partial charge in [0.15, 0.2) is 28.9 Å². The summed E-state index contributed by atoms with van der Waals surface area (Å²) < 4.78 is 55.5. The van der Waals surface area contributed by atoms with Crippen LogP contribution in [-0.4, -0.2) is 89.7 Å². The summed E-state index contributed by atoms with van der Waals surface area (Å²) in [7, 11) is 3.34. The Kier molecular flexibility index (Phi) is 17.6. The fourth-order valence-electron chi connectivity index (χ4n) is 7.63. The molecule has 4 radical (unpaired) electrons. The van der Waals surface area contributed by atoms with Gasteiger partial charge in [-0.1, -0.05) is 19.0 Å². The minimum Gasteiger partial charge on any atom is -0.653 e. The Morgan fingerprint density at radius 1 is 1.08 bits per heavy atom. The van der Waals surface area contributed by atoms with Crippen LogP contribution in [0.5, 0.6) is 28.7 Å². The van der Waals surface area contributed by atoms with Crippen molar-refractivity contribution in [2.45, 2.75) is 76.0 Å². The molecule has 2 aromatic carbocycles. The number of rotatable bonds is 5. The van der Waals surface area contributed by atoms with Crippen LogP contribution in [0.2, 0.25) is 0 Å². The number of phenols is 2. The minimum atomic E-state index is -5.24. The normalized spacial score (nSPS) is 23.4. The molecule has 50 heavy (non-hydrogen) atoms. The van der Waals surface area contributed by atoms with Gasteiger partial charge in [0.1, 0.15) is 11.8 Å². The van der Waals surface area contributed by atoms with E-state index in [9.17, 15) is 38.2 Å². The third-order valence-corrected chi connectivity index (χ3v) is 9.62. The average molecular weight is 1550 g/mol. The SMILES string of the molecule is COc1c(C)cc2c(c1O)[C@@H]1C3Cc4c(O)c(C)c5c(c4[C@H](C[N-]C(=O)[C@@H](C)[N-]C(=O)C(F)(F)F)N3[C@@H](C#N)[C@H](C2)N1C)OCO5.[Ac].[Ac].[Ac].[Ac]. The Morgan fingerprint density at radius 3 is 2.32 bits per heavy atom. The first-order chi connectivity index (χ1) is 21.7. The molecule has 2 bridgehead atoms. The summed E-state index contributed by atoms with van der Waals surface area (Å²) in [6.45, 7) is 4.06. The van der Waals surface area contributed by atoms with Gasteiger partial charge in [-0.2, -0.15) is 18.4 Å². The van der Waals surface area contributed by atoms with Gasteiger partial charge in [0, 0.05) is 223 Å². The molecule has 12 nitrogen and oxygen atoms in total. The van der Waals surface area contributed by atoms with E-state index < -0.39 is 48.2 Å². The van der Waals surface area contributed by atoms with Gasteiger partial charge in [-0.15, -0.1) is 6.54 Å². The van der Waals surface area contributed by atoms with E-state index in [0.29, 0.717) is 45.9 Å². The zero-order chi connectivity index (χ0) is 33.4. The van der Waals surface area contributed by atoms with Gasteiger partial charge in [0.05, 0.1) is 19.2 Å². The van der Waals surface area contributed by atoms with Crippen molar-refractivity contribution in [3.63, 3.8) is 0 Å². The van der Waals surface area contributed by atoms with E-state index in [0.717, 1.165) is 18.1 Å². The molecule has 19 heteroatoms. The molecule has 1 unspecified atom stereocenters. The number of piperazine rings is 1. The number of benzene rings is 2. The molecule has 0 aliphatic carbocycles. The van der Waals surface area contributed by atoms with Gasteiger partial charge >= 0.3 is 6.18 Å². The topological polar surface area (TPSA) is 161 Å². The molecule has 0 aromatic heterocycles. The Labute approximate surface area is 430 Å². The third-order valence-electron chi connectivity index (χ3n) is 9.62. The number of carbonyl (C=O) groups excluding carboxylic acids is 2. The zero-order valence-electron chi connectivity index (χ0n) is 28.0. The number of carbonyl (C=O) groups is 2. The number of aromatic hydroxyl groups is 2. The van der Waals surface area contributed by atoms with E-state index in [1.807, 2.05) is 29.8 Å². The minimum absolute atomic E-state index is 0. The molecule has 6 rings (SSSR count). The van der Waals surface area contributed by atoms with Crippen molar-refractivity contribution in [3.05, 3.63) is 50.1 Å². The third kappa shape index (κ3) is 8.24. The Hall–Kier alpha value is 1.35. The van der Waals surface area contributed by atoms with Gasteiger partial charge in [0.25, 0.3) is 0 Å². The monoisotopic (exact) mass is 1550 g/mol. The second-order valence-electron chi connectivity index (χ2n) is 12.1. The molecule has 1 saturated heterocycles. The van der Waals surface area contributed by atoms with Gasteiger partial charge in [-0.05, 0) is 44.9 Å². The number of nitrogens with zero attached hydrogens (tertiary/aromatic N) is 5. The first kappa shape index (κ1) is 47.5. The summed E-state index contributed by atoms with van der Waals surface area (Å²) in [4.78, 5) is 28.3. The maximum atomic E-state index is 13.0. The number of phenolic OH excluding ortho intramolecular Hbond substituents is 2. The Balaban J connectivity index is 0.00000217. The summed E-state index contributed by atoms with van der Waals surface area (Å²) >= 11 is 0. The van der Waals surface area contributed by atoms with Crippen LogP contribution in [-0.2, 0) is 22.4 Å². The molecule has 2 N–H and O–H groups in total. The maximum Gasteiger partial charge on any atom is 0.432 e. The average Bonchev–Trinajstić information content (AvgIpc) is 3.48. The van der Waals surface area contributed by atoms with Crippen LogP contribution in [0.4, 0.5) is 13.2 Å². The number of halogens is 3. The van der Waals surface area contributed by atoms with Crippen LogP contribution in [0.1, 0.15) is 52.4 Å². The molecule has 1 fully saturated rings. The summed E-state index contributed by atoms with van der Waals surface area (Å²) in [6.07, 6.45) is -4.62. The van der Waals surface area contributed by atoms with Crippen LogP contribution in [0.15, 0.2) is 6.07 Å². The number of hydrogen-bond donors (Lipinski definition) is 2. The van der Waals surface area contributed by atoms with Crippen molar-refractivity contribution in [3.8, 4) is 34.8 Å². The van der Waals surface area contributed by atoms with E-state index in [2.05, 4.69) is 16.7 Å². The van der Waals surface area contributed by atoms with Gasteiger partial charge in [-0.3, -0.25) is 9.80 Å². The standard InChI is InChI=1S/C31H34F3N5O7.4Ac/c1-12-6-15-7-17-19(9-35)39-18(23(38(17)4)21(15)25(41)26(12)44-5)8-16-22(28-27(45-11-46-28)13(2)24(16)40)20(39)10-36-29(42)14(3)37-30(43)31(32,33)34;;;;/h6,14,17-20,23H,7-8,10-11H2,1-5H3,(H4,36,37,40,41,42,43);;;;/p-2/t14-,17+,18?,19+,20+,23+;;;;/m1..../s1. The number of aryl methyl sites for hydroxylation is 1. The van der Waals surface area contributed by atoms with Crippen LogP contribution in [0, 0.1) is 201 Å². The quantitative estimate of drug-likeness (QED) is 0.449. The number of likely N-dealkylation sites (N-methyl/N-ethyl adjacent to an activating group) is 1. The first-order valence-electron chi connectivity index (χ1n) is 14.7. The van der Waals surface area contributed by atoms with Crippen molar-refractivity contribution in [2.24, 2.45) is 0 Å². The fourth-order valence-corrected chi connectivity index (χ4v) is 7.63.